The van der Waals surface area contributed by atoms with E-state index in [1.54, 1.807) is 0 Å². The van der Waals surface area contributed by atoms with Crippen LogP contribution in [0.2, 0.25) is 0 Å². The zero-order chi connectivity index (χ0) is 15.6. The van der Waals surface area contributed by atoms with E-state index in [0.29, 0.717) is 25.5 Å². The SMILES string of the molecule is O=C(O)[C@H]1CCCN(C(=O)Nc2cc(Br)c(F)cc2F)C1. The van der Waals surface area contributed by atoms with Gasteiger partial charge in [-0.2, -0.15) is 0 Å². The van der Waals surface area contributed by atoms with Gasteiger partial charge in [0.15, 0.2) is 0 Å². The van der Waals surface area contributed by atoms with E-state index in [1.165, 1.54) is 4.90 Å². The van der Waals surface area contributed by atoms with Gasteiger partial charge in [-0.1, -0.05) is 0 Å². The standard InChI is InChI=1S/C13H13BrF2N2O3/c14-8-4-11(10(16)5-9(8)15)17-13(21)18-3-1-2-7(6-18)12(19)20/h4-5,7H,1-3,6H2,(H,17,21)(H,19,20)/t7-/m0/s1. The number of urea groups is 1. The average Bonchev–Trinajstić information content (AvgIpc) is 2.44. The maximum atomic E-state index is 13.6. The number of amides is 2. The van der Waals surface area contributed by atoms with Crippen LogP contribution in [-0.4, -0.2) is 35.1 Å². The van der Waals surface area contributed by atoms with Crippen molar-refractivity contribution >= 4 is 33.6 Å². The highest BCUT2D eigenvalue weighted by Gasteiger charge is 2.28. The Balaban J connectivity index is 2.07. The van der Waals surface area contributed by atoms with Crippen LogP contribution in [0.4, 0.5) is 19.3 Å². The molecule has 0 unspecified atom stereocenters. The number of carbonyl (C=O) groups is 2. The number of carbonyl (C=O) groups excluding carboxylic acids is 1. The number of rotatable bonds is 2. The number of likely N-dealkylation sites (tertiary alicyclic amines) is 1. The Morgan fingerprint density at radius 1 is 1.33 bits per heavy atom. The monoisotopic (exact) mass is 362 g/mol. The van der Waals surface area contributed by atoms with Crippen LogP contribution in [0.1, 0.15) is 12.8 Å². The van der Waals surface area contributed by atoms with E-state index in [1.807, 2.05) is 0 Å². The second kappa shape index (κ2) is 6.38. The first-order chi connectivity index (χ1) is 9.88. The highest BCUT2D eigenvalue weighted by atomic mass is 79.9. The van der Waals surface area contributed by atoms with E-state index in [9.17, 15) is 18.4 Å². The molecule has 1 aromatic carbocycles. The van der Waals surface area contributed by atoms with E-state index >= 15 is 0 Å². The molecule has 1 atom stereocenters. The van der Waals surface area contributed by atoms with E-state index in [-0.39, 0.29) is 16.7 Å². The maximum Gasteiger partial charge on any atom is 0.321 e. The first-order valence-electron chi connectivity index (χ1n) is 6.31. The molecule has 0 radical (unpaired) electrons. The van der Waals surface area contributed by atoms with Crippen LogP contribution in [0, 0.1) is 17.6 Å². The van der Waals surface area contributed by atoms with Gasteiger partial charge in [0.05, 0.1) is 16.1 Å². The quantitative estimate of drug-likeness (QED) is 0.794. The minimum atomic E-state index is -0.955. The Hall–Kier alpha value is -1.70. The Morgan fingerprint density at radius 2 is 2.05 bits per heavy atom. The maximum absolute atomic E-state index is 13.6. The third kappa shape index (κ3) is 3.69. The van der Waals surface area contributed by atoms with Crippen molar-refractivity contribution < 1.29 is 23.5 Å². The zero-order valence-electron chi connectivity index (χ0n) is 10.9. The number of piperidine rings is 1. The first kappa shape index (κ1) is 15.7. The lowest BCUT2D eigenvalue weighted by Crippen LogP contribution is -2.44. The van der Waals surface area contributed by atoms with Gasteiger partial charge in [-0.25, -0.2) is 13.6 Å². The van der Waals surface area contributed by atoms with Gasteiger partial charge in [0.25, 0.3) is 0 Å². The van der Waals surface area contributed by atoms with Crippen LogP contribution in [0.25, 0.3) is 0 Å². The summed E-state index contributed by atoms with van der Waals surface area (Å²) in [6, 6.07) is 1.19. The van der Waals surface area contributed by atoms with Gasteiger partial charge < -0.3 is 15.3 Å². The predicted molar refractivity (Wildman–Crippen MR) is 75.0 cm³/mol. The predicted octanol–water partition coefficient (Wildman–Crippen LogP) is 3.06. The molecule has 5 nitrogen and oxygen atoms in total. The first-order valence-corrected chi connectivity index (χ1v) is 7.11. The highest BCUT2D eigenvalue weighted by molar-refractivity contribution is 9.10. The largest absolute Gasteiger partial charge is 0.481 e. The molecule has 2 N–H and O–H groups in total. The molecule has 1 fully saturated rings. The molecule has 8 heteroatoms. The summed E-state index contributed by atoms with van der Waals surface area (Å²) < 4.78 is 26.7. The minimum Gasteiger partial charge on any atom is -0.481 e. The van der Waals surface area contributed by atoms with Gasteiger partial charge >= 0.3 is 12.0 Å². The summed E-state index contributed by atoms with van der Waals surface area (Å²) in [6.07, 6.45) is 1.08. The van der Waals surface area contributed by atoms with E-state index in [2.05, 4.69) is 21.2 Å². The van der Waals surface area contributed by atoms with E-state index in [4.69, 9.17) is 5.11 Å². The van der Waals surface area contributed by atoms with Gasteiger partial charge in [0.1, 0.15) is 11.6 Å². The number of halogens is 3. The summed E-state index contributed by atoms with van der Waals surface area (Å²) >= 11 is 2.91. The molecule has 1 aromatic rings. The van der Waals surface area contributed by atoms with Crippen LogP contribution in [0.5, 0.6) is 0 Å². The van der Waals surface area contributed by atoms with Crippen molar-refractivity contribution in [2.75, 3.05) is 18.4 Å². The van der Waals surface area contributed by atoms with Gasteiger partial charge in [-0.05, 0) is 34.8 Å². The molecule has 0 aliphatic carbocycles. The minimum absolute atomic E-state index is 0.0289. The number of aliphatic carboxylic acids is 1. The van der Waals surface area contributed by atoms with Crippen LogP contribution >= 0.6 is 15.9 Å². The molecule has 0 aromatic heterocycles. The van der Waals surface area contributed by atoms with Crippen molar-refractivity contribution in [3.63, 3.8) is 0 Å². The van der Waals surface area contributed by atoms with Crippen molar-refractivity contribution in [3.05, 3.63) is 28.2 Å². The summed E-state index contributed by atoms with van der Waals surface area (Å²) in [7, 11) is 0. The normalized spacial score (nSPS) is 18.4. The molecule has 1 aliphatic rings. The van der Waals surface area contributed by atoms with Gasteiger partial charge in [-0.3, -0.25) is 4.79 Å². The molecule has 1 heterocycles. The molecule has 2 rings (SSSR count). The summed E-state index contributed by atoms with van der Waals surface area (Å²) in [5, 5.41) is 11.3. The summed E-state index contributed by atoms with van der Waals surface area (Å²) in [6.45, 7) is 0.477. The van der Waals surface area contributed by atoms with Crippen LogP contribution in [0.3, 0.4) is 0 Å². The molecule has 114 valence electrons. The van der Waals surface area contributed by atoms with E-state index < -0.39 is 29.6 Å². The van der Waals surface area contributed by atoms with Crippen molar-refractivity contribution in [1.82, 2.24) is 4.90 Å². The zero-order valence-corrected chi connectivity index (χ0v) is 12.5. The number of carboxylic acids is 1. The molecular weight excluding hydrogens is 350 g/mol. The fourth-order valence-electron chi connectivity index (χ4n) is 2.18. The number of anilines is 1. The van der Waals surface area contributed by atoms with Crippen molar-refractivity contribution in [2.45, 2.75) is 12.8 Å². The summed E-state index contributed by atoms with van der Waals surface area (Å²) in [4.78, 5) is 24.3. The smallest absolute Gasteiger partial charge is 0.321 e. The Kier molecular flexibility index (Phi) is 4.76. The Bertz CT molecular complexity index is 583. The number of benzene rings is 1. The highest BCUT2D eigenvalue weighted by Crippen LogP contribution is 2.24. The van der Waals surface area contributed by atoms with Crippen LogP contribution in [0.15, 0.2) is 16.6 Å². The van der Waals surface area contributed by atoms with Crippen molar-refractivity contribution in [2.24, 2.45) is 5.92 Å². The number of hydrogen-bond acceptors (Lipinski definition) is 2. The molecule has 0 bridgehead atoms. The molecule has 0 spiro atoms. The summed E-state index contributed by atoms with van der Waals surface area (Å²) in [5.74, 6) is -3.23. The van der Waals surface area contributed by atoms with Crippen LogP contribution in [-0.2, 0) is 4.79 Å². The van der Waals surface area contributed by atoms with Gasteiger partial charge in [0.2, 0.25) is 0 Å². The molecule has 21 heavy (non-hydrogen) atoms. The van der Waals surface area contributed by atoms with Crippen LogP contribution < -0.4 is 5.32 Å². The number of nitrogens with one attached hydrogen (secondary N) is 1. The second-order valence-electron chi connectivity index (χ2n) is 4.80. The molecule has 1 saturated heterocycles. The Labute approximate surface area is 128 Å². The molecule has 1 aliphatic heterocycles. The molecule has 0 saturated carbocycles. The topological polar surface area (TPSA) is 69.6 Å². The fourth-order valence-corrected chi connectivity index (χ4v) is 2.52. The third-order valence-electron chi connectivity index (χ3n) is 3.31. The van der Waals surface area contributed by atoms with E-state index in [0.717, 1.165) is 6.07 Å². The number of carboxylic acid groups (broad SMARTS) is 1. The average molecular weight is 363 g/mol. The number of hydrogen-bond donors (Lipinski definition) is 2. The fraction of sp³-hybridized carbons (Fsp3) is 0.385. The molecular formula is C13H13BrF2N2O3. The lowest BCUT2D eigenvalue weighted by molar-refractivity contribution is -0.143. The Morgan fingerprint density at radius 3 is 2.71 bits per heavy atom. The lowest BCUT2D eigenvalue weighted by Gasteiger charge is -2.30. The van der Waals surface area contributed by atoms with Crippen molar-refractivity contribution in [3.8, 4) is 0 Å². The molecule has 2 amide bonds. The second-order valence-corrected chi connectivity index (χ2v) is 5.65. The summed E-state index contributed by atoms with van der Waals surface area (Å²) in [5.41, 5.74) is -0.161. The van der Waals surface area contributed by atoms with Gasteiger partial charge in [-0.15, -0.1) is 0 Å². The number of nitrogens with zero attached hydrogens (tertiary/aromatic N) is 1. The third-order valence-corrected chi connectivity index (χ3v) is 3.92. The van der Waals surface area contributed by atoms with Crippen molar-refractivity contribution in [1.29, 1.82) is 0 Å². The lowest BCUT2D eigenvalue weighted by atomic mass is 9.99. The van der Waals surface area contributed by atoms with Gasteiger partial charge in [0, 0.05) is 19.2 Å².